The first kappa shape index (κ1) is 18.6. The van der Waals surface area contributed by atoms with Gasteiger partial charge in [0.15, 0.2) is 6.61 Å². The molecule has 6 nitrogen and oxygen atoms in total. The Morgan fingerprint density at radius 1 is 1.25 bits per heavy atom. The Morgan fingerprint density at radius 2 is 2.00 bits per heavy atom. The first-order chi connectivity index (χ1) is 11.3. The van der Waals surface area contributed by atoms with Gasteiger partial charge in [-0.3, -0.25) is 4.72 Å². The molecule has 0 unspecified atom stereocenters. The zero-order valence-corrected chi connectivity index (χ0v) is 15.6. The highest BCUT2D eigenvalue weighted by molar-refractivity contribution is 9.10. The van der Waals surface area contributed by atoms with Crippen molar-refractivity contribution in [3.8, 4) is 5.75 Å². The van der Waals surface area contributed by atoms with Gasteiger partial charge in [0.2, 0.25) is 0 Å². The molecule has 0 aromatic heterocycles. The fourth-order valence-corrected chi connectivity index (χ4v) is 3.50. The first-order valence-electron chi connectivity index (χ1n) is 6.59. The van der Waals surface area contributed by atoms with E-state index in [-0.39, 0.29) is 22.3 Å². The molecular weight excluding hydrogens is 422 g/mol. The summed E-state index contributed by atoms with van der Waals surface area (Å²) >= 11 is 9.29. The van der Waals surface area contributed by atoms with E-state index >= 15 is 0 Å². The van der Waals surface area contributed by atoms with Crippen molar-refractivity contribution in [3.63, 3.8) is 0 Å². The van der Waals surface area contributed by atoms with Crippen LogP contribution in [0.25, 0.3) is 0 Å². The van der Waals surface area contributed by atoms with Crippen LogP contribution < -0.4 is 9.46 Å². The second-order valence-corrected chi connectivity index (χ2v) is 7.58. The van der Waals surface area contributed by atoms with Crippen molar-refractivity contribution in [3.05, 3.63) is 52.0 Å². The molecule has 0 aliphatic heterocycles. The molecule has 0 aliphatic rings. The molecule has 0 saturated carbocycles. The Labute approximate surface area is 152 Å². The highest BCUT2D eigenvalue weighted by Gasteiger charge is 2.17. The van der Waals surface area contributed by atoms with E-state index in [0.29, 0.717) is 5.69 Å². The van der Waals surface area contributed by atoms with Gasteiger partial charge in [-0.2, -0.15) is 0 Å². The Balaban J connectivity index is 2.19. The number of hydrogen-bond donors (Lipinski definition) is 1. The third-order valence-corrected chi connectivity index (χ3v) is 5.03. The largest absolute Gasteiger partial charge is 0.480 e. The summed E-state index contributed by atoms with van der Waals surface area (Å²) in [5.74, 6) is -0.387. The van der Waals surface area contributed by atoms with Crippen LogP contribution in [0.2, 0.25) is 5.02 Å². The maximum atomic E-state index is 12.4. The lowest BCUT2D eigenvalue weighted by molar-refractivity contribution is -0.142. The number of nitrogens with one attached hydrogen (secondary N) is 1. The number of halogens is 2. The number of hydrogen-bond acceptors (Lipinski definition) is 5. The number of rotatable bonds is 6. The van der Waals surface area contributed by atoms with Gasteiger partial charge in [0, 0.05) is 10.2 Å². The van der Waals surface area contributed by atoms with Crippen molar-refractivity contribution in [2.45, 2.75) is 4.90 Å². The average Bonchev–Trinajstić information content (AvgIpc) is 2.52. The molecule has 0 radical (unpaired) electrons. The van der Waals surface area contributed by atoms with Crippen molar-refractivity contribution < 1.29 is 22.7 Å². The minimum atomic E-state index is -3.81. The molecular formula is C15H13BrClNO5S. The Morgan fingerprint density at radius 3 is 2.62 bits per heavy atom. The molecule has 0 atom stereocenters. The summed E-state index contributed by atoms with van der Waals surface area (Å²) in [7, 11) is -2.58. The van der Waals surface area contributed by atoms with Crippen LogP contribution in [0.3, 0.4) is 0 Å². The summed E-state index contributed by atoms with van der Waals surface area (Å²) < 4.78 is 37.6. The summed E-state index contributed by atoms with van der Waals surface area (Å²) in [6.45, 7) is -0.321. The number of ether oxygens (including phenoxy) is 2. The summed E-state index contributed by atoms with van der Waals surface area (Å²) in [5.41, 5.74) is 0.409. The van der Waals surface area contributed by atoms with E-state index in [0.717, 1.165) is 4.47 Å². The number of anilines is 1. The van der Waals surface area contributed by atoms with E-state index in [2.05, 4.69) is 25.4 Å². The average molecular weight is 435 g/mol. The zero-order chi connectivity index (χ0) is 17.7. The van der Waals surface area contributed by atoms with Gasteiger partial charge >= 0.3 is 5.97 Å². The number of carbonyl (C=O) groups excluding carboxylic acids is 1. The molecule has 2 rings (SSSR count). The molecule has 9 heteroatoms. The van der Waals surface area contributed by atoms with Crippen LogP contribution in [0.1, 0.15) is 0 Å². The van der Waals surface area contributed by atoms with Crippen LogP contribution >= 0.6 is 27.5 Å². The predicted octanol–water partition coefficient (Wildman–Crippen LogP) is 3.46. The maximum absolute atomic E-state index is 12.4. The van der Waals surface area contributed by atoms with Gasteiger partial charge in [0.1, 0.15) is 5.75 Å². The van der Waals surface area contributed by atoms with Crippen LogP contribution in [0.15, 0.2) is 51.8 Å². The van der Waals surface area contributed by atoms with Crippen LogP contribution in [-0.2, 0) is 19.6 Å². The summed E-state index contributed by atoms with van der Waals surface area (Å²) in [5, 5.41) is 0.0658. The minimum Gasteiger partial charge on any atom is -0.480 e. The normalized spacial score (nSPS) is 11.0. The fraction of sp³-hybridized carbons (Fsp3) is 0.133. The van der Waals surface area contributed by atoms with Gasteiger partial charge in [-0.05, 0) is 36.4 Å². The molecule has 2 aromatic carbocycles. The smallest absolute Gasteiger partial charge is 0.343 e. The molecule has 128 valence electrons. The maximum Gasteiger partial charge on any atom is 0.343 e. The summed E-state index contributed by atoms with van der Waals surface area (Å²) in [4.78, 5) is 11.0. The van der Waals surface area contributed by atoms with E-state index in [4.69, 9.17) is 16.3 Å². The van der Waals surface area contributed by atoms with E-state index in [1.165, 1.54) is 25.3 Å². The van der Waals surface area contributed by atoms with Gasteiger partial charge in [0.05, 0.1) is 17.0 Å². The van der Waals surface area contributed by atoms with Crippen molar-refractivity contribution in [2.24, 2.45) is 0 Å². The lowest BCUT2D eigenvalue weighted by Crippen LogP contribution is -2.14. The monoisotopic (exact) mass is 433 g/mol. The fourth-order valence-electron chi connectivity index (χ4n) is 1.73. The number of benzene rings is 2. The number of esters is 1. The van der Waals surface area contributed by atoms with E-state index < -0.39 is 16.0 Å². The third-order valence-electron chi connectivity index (χ3n) is 2.86. The number of carbonyl (C=O) groups is 1. The lowest BCUT2D eigenvalue weighted by Gasteiger charge is -2.11. The molecule has 0 bridgehead atoms. The zero-order valence-electron chi connectivity index (χ0n) is 12.5. The van der Waals surface area contributed by atoms with Crippen LogP contribution in [0.5, 0.6) is 5.75 Å². The standard InChI is InChI=1S/C15H13BrClNO5S/c1-22-15(19)9-23-14-6-5-12(8-13(14)17)24(20,21)18-11-4-2-3-10(16)7-11/h2-8,18H,9H2,1H3. The topological polar surface area (TPSA) is 81.7 Å². The van der Waals surface area contributed by atoms with E-state index in [1.807, 2.05) is 0 Å². The third kappa shape index (κ3) is 4.86. The van der Waals surface area contributed by atoms with Crippen molar-refractivity contribution >= 4 is 49.2 Å². The second-order valence-electron chi connectivity index (χ2n) is 4.57. The molecule has 0 heterocycles. The first-order valence-corrected chi connectivity index (χ1v) is 9.25. The highest BCUT2D eigenvalue weighted by atomic mass is 79.9. The summed E-state index contributed by atoms with van der Waals surface area (Å²) in [6, 6.07) is 10.7. The molecule has 0 amide bonds. The summed E-state index contributed by atoms with van der Waals surface area (Å²) in [6.07, 6.45) is 0. The van der Waals surface area contributed by atoms with E-state index in [1.54, 1.807) is 24.3 Å². The molecule has 2 aromatic rings. The van der Waals surface area contributed by atoms with Gasteiger partial charge in [-0.25, -0.2) is 13.2 Å². The SMILES string of the molecule is COC(=O)COc1ccc(S(=O)(=O)Nc2cccc(Br)c2)cc1Cl. The Bertz CT molecular complexity index is 857. The van der Waals surface area contributed by atoms with Gasteiger partial charge in [-0.15, -0.1) is 0 Å². The molecule has 0 spiro atoms. The van der Waals surface area contributed by atoms with Gasteiger partial charge in [-0.1, -0.05) is 33.6 Å². The molecule has 0 saturated heterocycles. The predicted molar refractivity (Wildman–Crippen MR) is 93.9 cm³/mol. The molecule has 0 aliphatic carbocycles. The minimum absolute atomic E-state index is 0.0297. The van der Waals surface area contributed by atoms with Crippen LogP contribution in [0.4, 0.5) is 5.69 Å². The van der Waals surface area contributed by atoms with Gasteiger partial charge < -0.3 is 9.47 Å². The van der Waals surface area contributed by atoms with Crippen LogP contribution in [0, 0.1) is 0 Å². The van der Waals surface area contributed by atoms with Crippen molar-refractivity contribution in [1.82, 2.24) is 0 Å². The second kappa shape index (κ2) is 7.87. The van der Waals surface area contributed by atoms with Gasteiger partial charge in [0.25, 0.3) is 10.0 Å². The quantitative estimate of drug-likeness (QED) is 0.704. The van der Waals surface area contributed by atoms with Crippen molar-refractivity contribution in [2.75, 3.05) is 18.4 Å². The molecule has 1 N–H and O–H groups in total. The lowest BCUT2D eigenvalue weighted by atomic mass is 10.3. The van der Waals surface area contributed by atoms with Crippen molar-refractivity contribution in [1.29, 1.82) is 0 Å². The Hall–Kier alpha value is -1.77. The van der Waals surface area contributed by atoms with Crippen LogP contribution in [-0.4, -0.2) is 28.1 Å². The number of methoxy groups -OCH3 is 1. The molecule has 0 fully saturated rings. The van der Waals surface area contributed by atoms with E-state index in [9.17, 15) is 13.2 Å². The molecule has 24 heavy (non-hydrogen) atoms. The Kier molecular flexibility index (Phi) is 6.09. The number of sulfonamides is 1. The highest BCUT2D eigenvalue weighted by Crippen LogP contribution is 2.28.